The molecule has 0 aliphatic heterocycles. The largest absolute Gasteiger partial charge is 0.399 e. The monoisotopic (exact) mass is 291 g/mol. The van der Waals surface area contributed by atoms with Crippen molar-refractivity contribution in [2.45, 2.75) is 11.8 Å². The van der Waals surface area contributed by atoms with Gasteiger partial charge in [-0.05, 0) is 42.8 Å². The van der Waals surface area contributed by atoms with Crippen LogP contribution in [0.5, 0.6) is 0 Å². The van der Waals surface area contributed by atoms with Crippen LogP contribution in [0.2, 0.25) is 0 Å². The molecular formula is C13H13N3O3S. The van der Waals surface area contributed by atoms with E-state index < -0.39 is 10.1 Å². The molecule has 0 bridgehead atoms. The Hall–Kier alpha value is -2.25. The fraction of sp³-hybridized carbons (Fsp3) is 0.0769. The molecule has 0 heterocycles. The van der Waals surface area contributed by atoms with Gasteiger partial charge in [0.1, 0.15) is 10.6 Å². The first kappa shape index (κ1) is 14.2. The molecule has 0 atom stereocenters. The number of azo groups is 1. The molecule has 2 rings (SSSR count). The smallest absolute Gasteiger partial charge is 0.296 e. The number of aryl methyl sites for hydroxylation is 1. The third-order valence-corrected chi connectivity index (χ3v) is 3.57. The maximum Gasteiger partial charge on any atom is 0.296 e. The highest BCUT2D eigenvalue weighted by Crippen LogP contribution is 2.26. The first-order valence-corrected chi connectivity index (χ1v) is 7.16. The van der Waals surface area contributed by atoms with E-state index in [4.69, 9.17) is 10.3 Å². The zero-order valence-electron chi connectivity index (χ0n) is 10.7. The maximum atomic E-state index is 11.2. The first-order valence-electron chi connectivity index (χ1n) is 5.72. The average Bonchev–Trinajstić information content (AvgIpc) is 2.39. The van der Waals surface area contributed by atoms with Crippen LogP contribution in [-0.2, 0) is 10.1 Å². The fourth-order valence-corrected chi connectivity index (χ4v) is 2.22. The Morgan fingerprint density at radius 1 is 1.10 bits per heavy atom. The lowest BCUT2D eigenvalue weighted by atomic mass is 10.2. The number of benzene rings is 2. The SMILES string of the molecule is Cc1cc(N=Nc2ccccc2S(=O)(=O)O)ccc1N. The number of rotatable bonds is 3. The average molecular weight is 291 g/mol. The molecule has 0 spiro atoms. The molecule has 0 amide bonds. The molecule has 0 fully saturated rings. The van der Waals surface area contributed by atoms with E-state index >= 15 is 0 Å². The van der Waals surface area contributed by atoms with Crippen molar-refractivity contribution in [2.75, 3.05) is 5.73 Å². The number of anilines is 1. The number of nitrogens with two attached hydrogens (primary N) is 1. The minimum Gasteiger partial charge on any atom is -0.399 e. The quantitative estimate of drug-likeness (QED) is 0.514. The lowest BCUT2D eigenvalue weighted by Crippen LogP contribution is -1.97. The number of hydrogen-bond donors (Lipinski definition) is 2. The van der Waals surface area contributed by atoms with E-state index in [0.29, 0.717) is 11.4 Å². The summed E-state index contributed by atoms with van der Waals surface area (Å²) in [5.74, 6) is 0. The van der Waals surface area contributed by atoms with Gasteiger partial charge in [0.15, 0.2) is 0 Å². The van der Waals surface area contributed by atoms with E-state index in [9.17, 15) is 8.42 Å². The van der Waals surface area contributed by atoms with Crippen LogP contribution in [0.15, 0.2) is 57.6 Å². The number of nitrogen functional groups attached to an aromatic ring is 1. The summed E-state index contributed by atoms with van der Waals surface area (Å²) < 4.78 is 31.5. The Kier molecular flexibility index (Phi) is 3.82. The van der Waals surface area contributed by atoms with E-state index in [0.717, 1.165) is 5.56 Å². The van der Waals surface area contributed by atoms with Crippen molar-refractivity contribution in [2.24, 2.45) is 10.2 Å². The Balaban J connectivity index is 2.39. The highest BCUT2D eigenvalue weighted by Gasteiger charge is 2.14. The van der Waals surface area contributed by atoms with E-state index in [2.05, 4.69) is 10.2 Å². The van der Waals surface area contributed by atoms with Crippen LogP contribution in [0, 0.1) is 6.92 Å². The molecule has 0 saturated heterocycles. The predicted octanol–water partition coefficient (Wildman–Crippen LogP) is 3.24. The first-order chi connectivity index (χ1) is 9.38. The van der Waals surface area contributed by atoms with Crippen LogP contribution < -0.4 is 5.73 Å². The molecule has 2 aromatic carbocycles. The van der Waals surface area contributed by atoms with Gasteiger partial charge in [0.05, 0.1) is 5.69 Å². The Labute approximate surface area is 116 Å². The fourth-order valence-electron chi connectivity index (χ4n) is 1.59. The maximum absolute atomic E-state index is 11.2. The van der Waals surface area contributed by atoms with Gasteiger partial charge in [0.25, 0.3) is 10.1 Å². The van der Waals surface area contributed by atoms with E-state index in [1.807, 2.05) is 6.92 Å². The van der Waals surface area contributed by atoms with Gasteiger partial charge in [0.2, 0.25) is 0 Å². The number of nitrogens with zero attached hydrogens (tertiary/aromatic N) is 2. The molecule has 2 aromatic rings. The number of hydrogen-bond acceptors (Lipinski definition) is 5. The molecule has 0 unspecified atom stereocenters. The van der Waals surface area contributed by atoms with Crippen molar-refractivity contribution in [3.05, 3.63) is 48.0 Å². The van der Waals surface area contributed by atoms with E-state index in [1.165, 1.54) is 18.2 Å². The second kappa shape index (κ2) is 5.40. The van der Waals surface area contributed by atoms with Crippen LogP contribution in [0.1, 0.15) is 5.56 Å². The van der Waals surface area contributed by atoms with Gasteiger partial charge in [-0.1, -0.05) is 12.1 Å². The third-order valence-electron chi connectivity index (χ3n) is 2.67. The van der Waals surface area contributed by atoms with E-state index in [1.54, 1.807) is 24.3 Å². The molecule has 7 heteroatoms. The Morgan fingerprint density at radius 3 is 2.45 bits per heavy atom. The summed E-state index contributed by atoms with van der Waals surface area (Å²) in [5, 5.41) is 7.81. The molecular weight excluding hydrogens is 278 g/mol. The molecule has 0 radical (unpaired) electrons. The summed E-state index contributed by atoms with van der Waals surface area (Å²) in [6.45, 7) is 1.83. The van der Waals surface area contributed by atoms with Crippen molar-refractivity contribution < 1.29 is 13.0 Å². The van der Waals surface area contributed by atoms with Crippen LogP contribution in [0.25, 0.3) is 0 Å². The summed E-state index contributed by atoms with van der Waals surface area (Å²) in [5.41, 5.74) is 7.80. The second-order valence-electron chi connectivity index (χ2n) is 4.18. The van der Waals surface area contributed by atoms with E-state index in [-0.39, 0.29) is 10.6 Å². The van der Waals surface area contributed by atoms with Crippen molar-refractivity contribution in [3.63, 3.8) is 0 Å². The third kappa shape index (κ3) is 3.19. The topological polar surface area (TPSA) is 105 Å². The van der Waals surface area contributed by atoms with Crippen molar-refractivity contribution in [3.8, 4) is 0 Å². The van der Waals surface area contributed by atoms with Gasteiger partial charge in [-0.2, -0.15) is 13.5 Å². The molecule has 0 saturated carbocycles. The highest BCUT2D eigenvalue weighted by atomic mass is 32.2. The van der Waals surface area contributed by atoms with Crippen LogP contribution in [-0.4, -0.2) is 13.0 Å². The summed E-state index contributed by atoms with van der Waals surface area (Å²) in [7, 11) is -4.33. The summed E-state index contributed by atoms with van der Waals surface area (Å²) in [4.78, 5) is -0.282. The molecule has 0 aliphatic rings. The van der Waals surface area contributed by atoms with Crippen molar-refractivity contribution in [1.82, 2.24) is 0 Å². The summed E-state index contributed by atoms with van der Waals surface area (Å²) in [6, 6.07) is 10.9. The molecule has 0 aliphatic carbocycles. The molecule has 3 N–H and O–H groups in total. The standard InChI is InChI=1S/C13H13N3O3S/c1-9-8-10(6-7-11(9)14)15-16-12-4-2-3-5-13(12)20(17,18)19/h2-8H,14H2,1H3,(H,17,18,19). The van der Waals surface area contributed by atoms with Gasteiger partial charge in [-0.15, -0.1) is 5.11 Å². The van der Waals surface area contributed by atoms with Gasteiger partial charge in [-0.3, -0.25) is 4.55 Å². The van der Waals surface area contributed by atoms with Crippen LogP contribution >= 0.6 is 0 Å². The lowest BCUT2D eigenvalue weighted by Gasteiger charge is -2.02. The zero-order valence-corrected chi connectivity index (χ0v) is 11.5. The highest BCUT2D eigenvalue weighted by molar-refractivity contribution is 7.86. The molecule has 104 valence electrons. The Morgan fingerprint density at radius 2 is 1.80 bits per heavy atom. The summed E-state index contributed by atoms with van der Waals surface area (Å²) >= 11 is 0. The van der Waals surface area contributed by atoms with Gasteiger partial charge < -0.3 is 5.73 Å². The van der Waals surface area contributed by atoms with Gasteiger partial charge in [0, 0.05) is 5.69 Å². The van der Waals surface area contributed by atoms with Crippen molar-refractivity contribution in [1.29, 1.82) is 0 Å². The molecule has 6 nitrogen and oxygen atoms in total. The molecule has 20 heavy (non-hydrogen) atoms. The zero-order chi connectivity index (χ0) is 14.8. The van der Waals surface area contributed by atoms with Crippen molar-refractivity contribution >= 4 is 27.2 Å². The predicted molar refractivity (Wildman–Crippen MR) is 76.0 cm³/mol. The van der Waals surface area contributed by atoms with Crippen LogP contribution in [0.3, 0.4) is 0 Å². The normalized spacial score (nSPS) is 11.9. The molecule has 0 aromatic heterocycles. The summed E-state index contributed by atoms with van der Waals surface area (Å²) in [6.07, 6.45) is 0. The lowest BCUT2D eigenvalue weighted by molar-refractivity contribution is 0.483. The van der Waals surface area contributed by atoms with Crippen LogP contribution in [0.4, 0.5) is 17.1 Å². The van der Waals surface area contributed by atoms with Gasteiger partial charge in [-0.25, -0.2) is 0 Å². The Bertz CT molecular complexity index is 770. The second-order valence-corrected chi connectivity index (χ2v) is 5.57. The minimum absolute atomic E-state index is 0.0736. The van der Waals surface area contributed by atoms with Gasteiger partial charge >= 0.3 is 0 Å². The minimum atomic E-state index is -4.33.